The first-order valence-electron chi connectivity index (χ1n) is 6.64. The third kappa shape index (κ3) is 4.49. The molecule has 2 unspecified atom stereocenters. The van der Waals surface area contributed by atoms with Gasteiger partial charge in [0.2, 0.25) is 0 Å². The van der Waals surface area contributed by atoms with Gasteiger partial charge in [-0.3, -0.25) is 0 Å². The summed E-state index contributed by atoms with van der Waals surface area (Å²) in [6, 6.07) is 10.9. The van der Waals surface area contributed by atoms with Crippen molar-refractivity contribution in [2.45, 2.75) is 45.3 Å². The zero-order chi connectivity index (χ0) is 12.5. The fourth-order valence-corrected chi connectivity index (χ4v) is 2.22. The van der Waals surface area contributed by atoms with Crippen molar-refractivity contribution in [1.29, 1.82) is 0 Å². The van der Waals surface area contributed by atoms with Crippen molar-refractivity contribution in [1.82, 2.24) is 5.32 Å². The number of nitrogens with one attached hydrogen (secondary N) is 1. The Morgan fingerprint density at radius 3 is 2.41 bits per heavy atom. The minimum atomic E-state index is 0.155. The van der Waals surface area contributed by atoms with E-state index in [0.29, 0.717) is 6.04 Å². The molecule has 0 aromatic heterocycles. The van der Waals surface area contributed by atoms with Gasteiger partial charge in [0.1, 0.15) is 0 Å². The average molecular weight is 235 g/mol. The van der Waals surface area contributed by atoms with Gasteiger partial charge in [-0.2, -0.15) is 0 Å². The molecule has 0 fully saturated rings. The standard InChI is InChI=1S/C15H25NO/c1-4-6-12-14(16-5-2)15(17-3)13-10-8-7-9-11-13/h7-11,14-16H,4-6,12H2,1-3H3. The molecule has 2 nitrogen and oxygen atoms in total. The van der Waals surface area contributed by atoms with Crippen LogP contribution in [-0.4, -0.2) is 19.7 Å². The van der Waals surface area contributed by atoms with Gasteiger partial charge in [0.05, 0.1) is 6.10 Å². The first-order chi connectivity index (χ1) is 8.33. The van der Waals surface area contributed by atoms with Crippen LogP contribution in [0.1, 0.15) is 44.8 Å². The van der Waals surface area contributed by atoms with Crippen LogP contribution in [-0.2, 0) is 4.74 Å². The van der Waals surface area contributed by atoms with Crippen molar-refractivity contribution in [3.8, 4) is 0 Å². The highest BCUT2D eigenvalue weighted by molar-refractivity contribution is 5.19. The Balaban J connectivity index is 2.73. The smallest absolute Gasteiger partial charge is 0.0973 e. The molecule has 0 amide bonds. The van der Waals surface area contributed by atoms with E-state index in [4.69, 9.17) is 4.74 Å². The number of hydrogen-bond donors (Lipinski definition) is 1. The fourth-order valence-electron chi connectivity index (χ4n) is 2.22. The lowest BCUT2D eigenvalue weighted by molar-refractivity contribution is 0.0647. The number of benzene rings is 1. The number of unbranched alkanes of at least 4 members (excludes halogenated alkanes) is 1. The Morgan fingerprint density at radius 1 is 1.18 bits per heavy atom. The van der Waals surface area contributed by atoms with E-state index in [9.17, 15) is 0 Å². The summed E-state index contributed by atoms with van der Waals surface area (Å²) in [7, 11) is 1.80. The van der Waals surface area contributed by atoms with Crippen LogP contribution in [0.15, 0.2) is 30.3 Å². The first kappa shape index (κ1) is 14.2. The van der Waals surface area contributed by atoms with Gasteiger partial charge in [-0.05, 0) is 18.5 Å². The van der Waals surface area contributed by atoms with Crippen LogP contribution in [0.2, 0.25) is 0 Å². The molecule has 0 heterocycles. The summed E-state index contributed by atoms with van der Waals surface area (Å²) in [4.78, 5) is 0. The van der Waals surface area contributed by atoms with Gasteiger partial charge in [0.15, 0.2) is 0 Å². The summed E-state index contributed by atoms with van der Waals surface area (Å²) < 4.78 is 5.69. The zero-order valence-corrected chi connectivity index (χ0v) is 11.3. The van der Waals surface area contributed by atoms with Crippen molar-refractivity contribution >= 4 is 0 Å². The molecular weight excluding hydrogens is 210 g/mol. The number of methoxy groups -OCH3 is 1. The number of rotatable bonds is 8. The highest BCUT2D eigenvalue weighted by atomic mass is 16.5. The Morgan fingerprint density at radius 2 is 1.88 bits per heavy atom. The van der Waals surface area contributed by atoms with Gasteiger partial charge in [-0.15, -0.1) is 0 Å². The Kier molecular flexibility index (Phi) is 6.90. The molecule has 0 saturated heterocycles. The maximum atomic E-state index is 5.69. The maximum Gasteiger partial charge on any atom is 0.0973 e. The summed E-state index contributed by atoms with van der Waals surface area (Å²) in [5, 5.41) is 3.54. The van der Waals surface area contributed by atoms with Gasteiger partial charge in [-0.1, -0.05) is 57.0 Å². The molecule has 1 N–H and O–H groups in total. The lowest BCUT2D eigenvalue weighted by atomic mass is 9.97. The molecule has 17 heavy (non-hydrogen) atoms. The van der Waals surface area contributed by atoms with Crippen LogP contribution in [0.5, 0.6) is 0 Å². The molecule has 0 bridgehead atoms. The Bertz CT molecular complexity index is 286. The summed E-state index contributed by atoms with van der Waals surface area (Å²) in [5.74, 6) is 0. The Labute approximate surface area is 105 Å². The van der Waals surface area contributed by atoms with Crippen molar-refractivity contribution in [2.75, 3.05) is 13.7 Å². The van der Waals surface area contributed by atoms with Crippen molar-refractivity contribution in [3.63, 3.8) is 0 Å². The SMILES string of the molecule is CCCCC(NCC)C(OC)c1ccccc1. The van der Waals surface area contributed by atoms with E-state index in [-0.39, 0.29) is 6.10 Å². The zero-order valence-electron chi connectivity index (χ0n) is 11.3. The molecule has 0 aliphatic carbocycles. The van der Waals surface area contributed by atoms with Gasteiger partial charge >= 0.3 is 0 Å². The van der Waals surface area contributed by atoms with E-state index in [1.807, 2.05) is 6.07 Å². The molecular formula is C15H25NO. The maximum absolute atomic E-state index is 5.69. The third-order valence-corrected chi connectivity index (χ3v) is 3.08. The van der Waals surface area contributed by atoms with E-state index in [1.165, 1.54) is 18.4 Å². The first-order valence-corrected chi connectivity index (χ1v) is 6.64. The predicted molar refractivity (Wildman–Crippen MR) is 73.2 cm³/mol. The third-order valence-electron chi connectivity index (χ3n) is 3.08. The van der Waals surface area contributed by atoms with Gasteiger partial charge in [0, 0.05) is 13.2 Å². The van der Waals surface area contributed by atoms with Crippen molar-refractivity contribution in [2.24, 2.45) is 0 Å². The quantitative estimate of drug-likeness (QED) is 0.744. The highest BCUT2D eigenvalue weighted by Gasteiger charge is 2.21. The van der Waals surface area contributed by atoms with Gasteiger partial charge in [-0.25, -0.2) is 0 Å². The number of ether oxygens (including phenoxy) is 1. The second-order valence-electron chi connectivity index (χ2n) is 4.37. The topological polar surface area (TPSA) is 21.3 Å². The molecule has 1 rings (SSSR count). The van der Waals surface area contributed by atoms with Crippen LogP contribution in [0.25, 0.3) is 0 Å². The fraction of sp³-hybridized carbons (Fsp3) is 0.600. The predicted octanol–water partition coefficient (Wildman–Crippen LogP) is 3.54. The largest absolute Gasteiger partial charge is 0.375 e. The number of hydrogen-bond acceptors (Lipinski definition) is 2. The summed E-state index contributed by atoms with van der Waals surface area (Å²) in [6.45, 7) is 5.37. The molecule has 2 atom stereocenters. The van der Waals surface area contributed by atoms with Crippen LogP contribution in [0.3, 0.4) is 0 Å². The van der Waals surface area contributed by atoms with Gasteiger partial charge in [0.25, 0.3) is 0 Å². The second-order valence-corrected chi connectivity index (χ2v) is 4.37. The molecule has 96 valence electrons. The molecule has 0 saturated carbocycles. The summed E-state index contributed by atoms with van der Waals surface area (Å²) in [6.07, 6.45) is 3.79. The monoisotopic (exact) mass is 235 g/mol. The van der Waals surface area contributed by atoms with Gasteiger partial charge < -0.3 is 10.1 Å². The Hall–Kier alpha value is -0.860. The molecule has 2 heteroatoms. The van der Waals surface area contributed by atoms with Crippen LogP contribution < -0.4 is 5.32 Å². The minimum Gasteiger partial charge on any atom is -0.375 e. The minimum absolute atomic E-state index is 0.155. The van der Waals surface area contributed by atoms with E-state index in [0.717, 1.165) is 13.0 Å². The van der Waals surface area contributed by atoms with Crippen LogP contribution >= 0.6 is 0 Å². The number of likely N-dealkylation sites (N-methyl/N-ethyl adjacent to an activating group) is 1. The second kappa shape index (κ2) is 8.26. The van der Waals surface area contributed by atoms with Crippen molar-refractivity contribution < 1.29 is 4.74 Å². The molecule has 0 aliphatic heterocycles. The molecule has 0 radical (unpaired) electrons. The molecule has 1 aromatic carbocycles. The van der Waals surface area contributed by atoms with E-state index in [1.54, 1.807) is 7.11 Å². The molecule has 0 spiro atoms. The van der Waals surface area contributed by atoms with E-state index >= 15 is 0 Å². The summed E-state index contributed by atoms with van der Waals surface area (Å²) >= 11 is 0. The van der Waals surface area contributed by atoms with E-state index < -0.39 is 0 Å². The normalized spacial score (nSPS) is 14.5. The lowest BCUT2D eigenvalue weighted by Crippen LogP contribution is -2.35. The van der Waals surface area contributed by atoms with Crippen LogP contribution in [0, 0.1) is 0 Å². The molecule has 1 aromatic rings. The lowest BCUT2D eigenvalue weighted by Gasteiger charge is -2.27. The molecule has 0 aliphatic rings. The highest BCUT2D eigenvalue weighted by Crippen LogP contribution is 2.23. The average Bonchev–Trinajstić information content (AvgIpc) is 2.38. The van der Waals surface area contributed by atoms with Crippen molar-refractivity contribution in [3.05, 3.63) is 35.9 Å². The van der Waals surface area contributed by atoms with Crippen LogP contribution in [0.4, 0.5) is 0 Å². The summed E-state index contributed by atoms with van der Waals surface area (Å²) in [5.41, 5.74) is 1.26. The van der Waals surface area contributed by atoms with E-state index in [2.05, 4.69) is 43.4 Å².